The van der Waals surface area contributed by atoms with Gasteiger partial charge in [0.2, 0.25) is 5.89 Å². The van der Waals surface area contributed by atoms with E-state index in [4.69, 9.17) is 4.52 Å². The number of hydrogen-bond acceptors (Lipinski definition) is 5. The first-order valence-electron chi connectivity index (χ1n) is 7.18. The maximum Gasteiger partial charge on any atom is 0.232 e. The zero-order chi connectivity index (χ0) is 15.4. The van der Waals surface area contributed by atoms with Gasteiger partial charge >= 0.3 is 0 Å². The zero-order valence-corrected chi connectivity index (χ0v) is 13.7. The van der Waals surface area contributed by atoms with Crippen LogP contribution in [0.4, 0.5) is 0 Å². The highest BCUT2D eigenvalue weighted by Gasteiger charge is 2.27. The Kier molecular flexibility index (Phi) is 5.42. The molecule has 1 aromatic heterocycles. The third kappa shape index (κ3) is 4.08. The minimum atomic E-state index is -0.498. The predicted molar refractivity (Wildman–Crippen MR) is 84.3 cm³/mol. The van der Waals surface area contributed by atoms with Crippen molar-refractivity contribution in [1.82, 2.24) is 10.1 Å². The summed E-state index contributed by atoms with van der Waals surface area (Å²) in [6.45, 7) is 7.94. The van der Waals surface area contributed by atoms with Crippen molar-refractivity contribution in [3.05, 3.63) is 41.5 Å². The largest absolute Gasteiger partial charge is 0.393 e. The Balaban J connectivity index is 2.05. The van der Waals surface area contributed by atoms with E-state index in [1.807, 2.05) is 26.0 Å². The molecule has 0 fully saturated rings. The van der Waals surface area contributed by atoms with Crippen LogP contribution in [-0.4, -0.2) is 21.4 Å². The van der Waals surface area contributed by atoms with Crippen LogP contribution in [0.25, 0.3) is 0 Å². The van der Waals surface area contributed by atoms with Gasteiger partial charge in [-0.2, -0.15) is 4.98 Å². The monoisotopic (exact) mass is 306 g/mol. The fourth-order valence-electron chi connectivity index (χ4n) is 2.37. The summed E-state index contributed by atoms with van der Waals surface area (Å²) in [7, 11) is 0. The molecule has 0 aliphatic carbocycles. The van der Waals surface area contributed by atoms with Crippen LogP contribution >= 0.6 is 11.8 Å². The van der Waals surface area contributed by atoms with E-state index >= 15 is 0 Å². The number of aliphatic hydroxyl groups excluding tert-OH is 1. The second-order valence-electron chi connectivity index (χ2n) is 5.61. The van der Waals surface area contributed by atoms with Crippen molar-refractivity contribution in [2.45, 2.75) is 50.4 Å². The van der Waals surface area contributed by atoms with E-state index < -0.39 is 6.10 Å². The average molecular weight is 306 g/mol. The number of hydrogen-bond donors (Lipinski definition) is 1. The fourth-order valence-corrected chi connectivity index (χ4v) is 3.24. The molecule has 0 amide bonds. The Bertz CT molecular complexity index is 573. The highest BCUT2D eigenvalue weighted by Crippen LogP contribution is 2.28. The molecule has 1 aromatic carbocycles. The van der Waals surface area contributed by atoms with Crippen molar-refractivity contribution >= 4 is 11.8 Å². The molecule has 0 bridgehead atoms. The number of benzene rings is 1. The molecule has 2 atom stereocenters. The summed E-state index contributed by atoms with van der Waals surface area (Å²) in [5.74, 6) is 2.00. The van der Waals surface area contributed by atoms with E-state index in [0.29, 0.717) is 17.5 Å². The number of aromatic nitrogens is 2. The van der Waals surface area contributed by atoms with Crippen LogP contribution in [0.3, 0.4) is 0 Å². The maximum absolute atomic E-state index is 9.86. The number of nitrogens with zero attached hydrogens (tertiary/aromatic N) is 2. The molecule has 0 saturated heterocycles. The molecule has 114 valence electrons. The Morgan fingerprint density at radius 2 is 1.95 bits per heavy atom. The summed E-state index contributed by atoms with van der Waals surface area (Å²) in [5.41, 5.74) is 1.25. The molecule has 0 saturated carbocycles. The standard InChI is InChI=1S/C16H22N2O2S/c1-10(2)15(12(4)19)16-17-14(18-20-16)9-21-13-8-6-5-7-11(13)3/h5-8,10,12,15,19H,9H2,1-4H3. The van der Waals surface area contributed by atoms with E-state index in [2.05, 4.69) is 29.2 Å². The Morgan fingerprint density at radius 3 is 2.57 bits per heavy atom. The van der Waals surface area contributed by atoms with Crippen LogP contribution in [0.2, 0.25) is 0 Å². The summed E-state index contributed by atoms with van der Waals surface area (Å²) in [6.07, 6.45) is -0.498. The van der Waals surface area contributed by atoms with Crippen LogP contribution < -0.4 is 0 Å². The van der Waals surface area contributed by atoms with Gasteiger partial charge in [0.1, 0.15) is 0 Å². The molecule has 1 N–H and O–H groups in total. The lowest BCUT2D eigenvalue weighted by Gasteiger charge is -2.19. The molecule has 2 rings (SSSR count). The molecular weight excluding hydrogens is 284 g/mol. The summed E-state index contributed by atoms with van der Waals surface area (Å²) >= 11 is 1.69. The molecular formula is C16H22N2O2S. The maximum atomic E-state index is 9.86. The lowest BCUT2D eigenvalue weighted by atomic mass is 9.91. The molecule has 2 aromatic rings. The Labute approximate surface area is 130 Å². The molecule has 5 heteroatoms. The molecule has 2 unspecified atom stereocenters. The lowest BCUT2D eigenvalue weighted by molar-refractivity contribution is 0.120. The van der Waals surface area contributed by atoms with E-state index in [-0.39, 0.29) is 11.8 Å². The van der Waals surface area contributed by atoms with E-state index in [1.54, 1.807) is 18.7 Å². The van der Waals surface area contributed by atoms with Gasteiger partial charge in [-0.05, 0) is 31.4 Å². The highest BCUT2D eigenvalue weighted by molar-refractivity contribution is 7.98. The number of rotatable bonds is 6. The van der Waals surface area contributed by atoms with Crippen LogP contribution in [0.15, 0.2) is 33.7 Å². The minimum absolute atomic E-state index is 0.116. The van der Waals surface area contributed by atoms with Crippen LogP contribution in [0.5, 0.6) is 0 Å². The summed E-state index contributed by atoms with van der Waals surface area (Å²) in [5, 5.41) is 13.9. The summed E-state index contributed by atoms with van der Waals surface area (Å²) in [6, 6.07) is 8.24. The number of aryl methyl sites for hydroxylation is 1. The number of thioether (sulfide) groups is 1. The first kappa shape index (κ1) is 16.0. The van der Waals surface area contributed by atoms with Crippen molar-refractivity contribution in [2.75, 3.05) is 0 Å². The van der Waals surface area contributed by atoms with Crippen LogP contribution in [-0.2, 0) is 5.75 Å². The lowest BCUT2D eigenvalue weighted by Crippen LogP contribution is -2.20. The second-order valence-corrected chi connectivity index (χ2v) is 6.63. The highest BCUT2D eigenvalue weighted by atomic mass is 32.2. The van der Waals surface area contributed by atoms with Gasteiger partial charge in [-0.25, -0.2) is 0 Å². The molecule has 4 nitrogen and oxygen atoms in total. The minimum Gasteiger partial charge on any atom is -0.393 e. The third-order valence-electron chi connectivity index (χ3n) is 3.46. The molecule has 21 heavy (non-hydrogen) atoms. The van der Waals surface area contributed by atoms with Gasteiger partial charge in [0.25, 0.3) is 0 Å². The predicted octanol–water partition coefficient (Wildman–Crippen LogP) is 3.79. The van der Waals surface area contributed by atoms with Crippen molar-refractivity contribution in [3.8, 4) is 0 Å². The van der Waals surface area contributed by atoms with Gasteiger partial charge in [0.15, 0.2) is 5.82 Å². The van der Waals surface area contributed by atoms with Crippen molar-refractivity contribution in [2.24, 2.45) is 5.92 Å². The van der Waals surface area contributed by atoms with E-state index in [9.17, 15) is 5.11 Å². The Hall–Kier alpha value is -1.33. The SMILES string of the molecule is Cc1ccccc1SCc1noc(C(C(C)C)C(C)O)n1. The molecule has 1 heterocycles. The Morgan fingerprint density at radius 1 is 1.24 bits per heavy atom. The van der Waals surface area contributed by atoms with Crippen LogP contribution in [0, 0.1) is 12.8 Å². The smallest absolute Gasteiger partial charge is 0.232 e. The van der Waals surface area contributed by atoms with E-state index in [1.165, 1.54) is 10.5 Å². The average Bonchev–Trinajstić information content (AvgIpc) is 2.85. The van der Waals surface area contributed by atoms with Crippen molar-refractivity contribution < 1.29 is 9.63 Å². The first-order valence-corrected chi connectivity index (χ1v) is 8.16. The summed E-state index contributed by atoms with van der Waals surface area (Å²) < 4.78 is 5.33. The third-order valence-corrected chi connectivity index (χ3v) is 4.63. The van der Waals surface area contributed by atoms with Gasteiger partial charge in [-0.1, -0.05) is 37.2 Å². The van der Waals surface area contributed by atoms with Gasteiger partial charge < -0.3 is 9.63 Å². The fraction of sp³-hybridized carbons (Fsp3) is 0.500. The normalized spacial score (nSPS) is 14.4. The molecule has 0 radical (unpaired) electrons. The van der Waals surface area contributed by atoms with Gasteiger partial charge in [0, 0.05) is 4.90 Å². The quantitative estimate of drug-likeness (QED) is 0.823. The van der Waals surface area contributed by atoms with Crippen molar-refractivity contribution in [3.63, 3.8) is 0 Å². The van der Waals surface area contributed by atoms with Crippen molar-refractivity contribution in [1.29, 1.82) is 0 Å². The molecule has 0 spiro atoms. The number of aliphatic hydroxyl groups is 1. The van der Waals surface area contributed by atoms with Gasteiger partial charge in [-0.3, -0.25) is 0 Å². The van der Waals surface area contributed by atoms with Gasteiger partial charge in [-0.15, -0.1) is 11.8 Å². The van der Waals surface area contributed by atoms with Crippen LogP contribution in [0.1, 0.15) is 44.0 Å². The second kappa shape index (κ2) is 7.09. The topological polar surface area (TPSA) is 59.2 Å². The first-order chi connectivity index (χ1) is 9.99. The van der Waals surface area contributed by atoms with E-state index in [0.717, 1.165) is 0 Å². The van der Waals surface area contributed by atoms with Gasteiger partial charge in [0.05, 0.1) is 17.8 Å². The zero-order valence-electron chi connectivity index (χ0n) is 12.9. The summed E-state index contributed by atoms with van der Waals surface area (Å²) in [4.78, 5) is 5.66. The molecule has 0 aliphatic heterocycles. The molecule has 0 aliphatic rings.